The van der Waals surface area contributed by atoms with E-state index < -0.39 is 23.5 Å². The number of carbonyl (C=O) groups excluding carboxylic acids is 2. The van der Waals surface area contributed by atoms with Gasteiger partial charge in [0.1, 0.15) is 22.6 Å². The first kappa shape index (κ1) is 18.6. The SMILES string of the molecule is COc1ccc(C(=O)O[C@H](C)C(=O)NC2(C#N)CCCCC2)c(O)c1. The summed E-state index contributed by atoms with van der Waals surface area (Å²) in [5.74, 6) is -1.24. The molecule has 1 aliphatic carbocycles. The van der Waals surface area contributed by atoms with Crippen LogP contribution in [0.4, 0.5) is 0 Å². The lowest BCUT2D eigenvalue weighted by Gasteiger charge is -2.32. The minimum atomic E-state index is -1.08. The molecule has 0 spiro atoms. The lowest BCUT2D eigenvalue weighted by Crippen LogP contribution is -2.52. The molecule has 2 rings (SSSR count). The second kappa shape index (κ2) is 7.88. The molecule has 134 valence electrons. The van der Waals surface area contributed by atoms with Crippen molar-refractivity contribution in [2.24, 2.45) is 0 Å². The van der Waals surface area contributed by atoms with E-state index in [1.54, 1.807) is 0 Å². The Hall–Kier alpha value is -2.75. The lowest BCUT2D eigenvalue weighted by atomic mass is 9.83. The van der Waals surface area contributed by atoms with Gasteiger partial charge in [0.15, 0.2) is 6.10 Å². The number of nitrogens with one attached hydrogen (secondary N) is 1. The van der Waals surface area contributed by atoms with Gasteiger partial charge in [-0.25, -0.2) is 4.79 Å². The topological polar surface area (TPSA) is 109 Å². The molecule has 25 heavy (non-hydrogen) atoms. The van der Waals surface area contributed by atoms with Gasteiger partial charge in [0, 0.05) is 6.07 Å². The number of nitriles is 1. The molecule has 1 fully saturated rings. The van der Waals surface area contributed by atoms with E-state index in [1.165, 1.54) is 32.2 Å². The maximum absolute atomic E-state index is 12.3. The molecule has 0 heterocycles. The molecule has 0 saturated heterocycles. The van der Waals surface area contributed by atoms with Crippen molar-refractivity contribution >= 4 is 11.9 Å². The van der Waals surface area contributed by atoms with Gasteiger partial charge in [0.05, 0.1) is 13.2 Å². The van der Waals surface area contributed by atoms with Gasteiger partial charge >= 0.3 is 5.97 Å². The molecule has 1 saturated carbocycles. The van der Waals surface area contributed by atoms with Crippen molar-refractivity contribution in [1.82, 2.24) is 5.32 Å². The number of aromatic hydroxyl groups is 1. The molecule has 1 amide bonds. The lowest BCUT2D eigenvalue weighted by molar-refractivity contribution is -0.130. The third-order valence-electron chi connectivity index (χ3n) is 4.36. The summed E-state index contributed by atoms with van der Waals surface area (Å²) < 4.78 is 10.1. The van der Waals surface area contributed by atoms with Crippen LogP contribution in [0, 0.1) is 11.3 Å². The van der Waals surface area contributed by atoms with Crippen LogP contribution in [-0.4, -0.2) is 35.7 Å². The normalized spacial score (nSPS) is 17.0. The van der Waals surface area contributed by atoms with Crippen molar-refractivity contribution in [3.63, 3.8) is 0 Å². The van der Waals surface area contributed by atoms with Gasteiger partial charge in [0.25, 0.3) is 5.91 Å². The Kier molecular flexibility index (Phi) is 5.86. The van der Waals surface area contributed by atoms with E-state index in [2.05, 4.69) is 11.4 Å². The zero-order chi connectivity index (χ0) is 18.4. The van der Waals surface area contributed by atoms with E-state index in [1.807, 2.05) is 0 Å². The van der Waals surface area contributed by atoms with Crippen molar-refractivity contribution in [3.05, 3.63) is 23.8 Å². The number of rotatable bonds is 5. The average Bonchev–Trinajstić information content (AvgIpc) is 2.62. The van der Waals surface area contributed by atoms with Crippen LogP contribution in [-0.2, 0) is 9.53 Å². The Bertz CT molecular complexity index is 689. The van der Waals surface area contributed by atoms with Crippen LogP contribution in [0.25, 0.3) is 0 Å². The van der Waals surface area contributed by atoms with Crippen LogP contribution >= 0.6 is 0 Å². The predicted molar refractivity (Wildman–Crippen MR) is 89.1 cm³/mol. The third-order valence-corrected chi connectivity index (χ3v) is 4.36. The van der Waals surface area contributed by atoms with Gasteiger partial charge in [-0.3, -0.25) is 4.79 Å². The quantitative estimate of drug-likeness (QED) is 0.792. The summed E-state index contributed by atoms with van der Waals surface area (Å²) in [7, 11) is 1.44. The van der Waals surface area contributed by atoms with Crippen molar-refractivity contribution in [2.75, 3.05) is 7.11 Å². The minimum Gasteiger partial charge on any atom is -0.507 e. The van der Waals surface area contributed by atoms with Crippen molar-refractivity contribution in [3.8, 4) is 17.6 Å². The number of hydrogen-bond donors (Lipinski definition) is 2. The number of nitrogens with zero attached hydrogens (tertiary/aromatic N) is 1. The highest BCUT2D eigenvalue weighted by atomic mass is 16.5. The Balaban J connectivity index is 2.01. The summed E-state index contributed by atoms with van der Waals surface area (Å²) in [6.45, 7) is 1.43. The van der Waals surface area contributed by atoms with Crippen LogP contribution in [0.15, 0.2) is 18.2 Å². The highest BCUT2D eigenvalue weighted by Gasteiger charge is 2.35. The highest BCUT2D eigenvalue weighted by molar-refractivity contribution is 5.94. The number of phenolic OH excluding ortho intramolecular Hbond substituents is 1. The number of hydrogen-bond acceptors (Lipinski definition) is 6. The fraction of sp³-hybridized carbons (Fsp3) is 0.500. The fourth-order valence-electron chi connectivity index (χ4n) is 2.85. The maximum atomic E-state index is 12.3. The molecule has 7 nitrogen and oxygen atoms in total. The molecular weight excluding hydrogens is 324 g/mol. The van der Waals surface area contributed by atoms with Crippen LogP contribution in [0.1, 0.15) is 49.4 Å². The third kappa shape index (κ3) is 4.41. The van der Waals surface area contributed by atoms with Gasteiger partial charge in [-0.1, -0.05) is 19.3 Å². The number of carbonyl (C=O) groups is 2. The average molecular weight is 346 g/mol. The first-order chi connectivity index (χ1) is 11.9. The molecule has 0 aliphatic heterocycles. The predicted octanol–water partition coefficient (Wildman–Crippen LogP) is 2.29. The van der Waals surface area contributed by atoms with Crippen LogP contribution < -0.4 is 10.1 Å². The fourth-order valence-corrected chi connectivity index (χ4v) is 2.85. The molecule has 2 N–H and O–H groups in total. The number of esters is 1. The Morgan fingerprint density at radius 2 is 2.00 bits per heavy atom. The van der Waals surface area contributed by atoms with E-state index in [4.69, 9.17) is 9.47 Å². The van der Waals surface area contributed by atoms with E-state index in [0.29, 0.717) is 18.6 Å². The van der Waals surface area contributed by atoms with Crippen LogP contribution in [0.3, 0.4) is 0 Å². The Morgan fingerprint density at radius 3 is 2.56 bits per heavy atom. The maximum Gasteiger partial charge on any atom is 0.342 e. The summed E-state index contributed by atoms with van der Waals surface area (Å²) in [6, 6.07) is 6.34. The summed E-state index contributed by atoms with van der Waals surface area (Å²) in [6.07, 6.45) is 2.90. The Morgan fingerprint density at radius 1 is 1.32 bits per heavy atom. The smallest absolute Gasteiger partial charge is 0.342 e. The number of benzene rings is 1. The molecule has 0 bridgehead atoms. The van der Waals surface area contributed by atoms with Gasteiger partial charge in [-0.2, -0.15) is 5.26 Å². The molecule has 1 aromatic rings. The molecule has 1 atom stereocenters. The second-order valence-corrected chi connectivity index (χ2v) is 6.17. The van der Waals surface area contributed by atoms with E-state index in [-0.39, 0.29) is 11.3 Å². The van der Waals surface area contributed by atoms with Gasteiger partial charge in [0.2, 0.25) is 0 Å². The number of phenols is 1. The van der Waals surface area contributed by atoms with Crippen molar-refractivity contribution in [2.45, 2.75) is 50.7 Å². The van der Waals surface area contributed by atoms with E-state index in [0.717, 1.165) is 19.3 Å². The zero-order valence-corrected chi connectivity index (χ0v) is 14.4. The van der Waals surface area contributed by atoms with Gasteiger partial charge in [-0.05, 0) is 31.9 Å². The zero-order valence-electron chi connectivity index (χ0n) is 14.4. The summed E-state index contributed by atoms with van der Waals surface area (Å²) in [5, 5.41) is 22.0. The number of amides is 1. The first-order valence-corrected chi connectivity index (χ1v) is 8.22. The van der Waals surface area contributed by atoms with Crippen molar-refractivity contribution in [1.29, 1.82) is 5.26 Å². The molecule has 0 unspecified atom stereocenters. The molecule has 1 aromatic carbocycles. The summed E-state index contributed by atoms with van der Waals surface area (Å²) in [5.41, 5.74) is -0.953. The Labute approximate surface area is 146 Å². The van der Waals surface area contributed by atoms with Crippen LogP contribution in [0.5, 0.6) is 11.5 Å². The second-order valence-electron chi connectivity index (χ2n) is 6.17. The largest absolute Gasteiger partial charge is 0.507 e. The van der Waals surface area contributed by atoms with E-state index in [9.17, 15) is 20.0 Å². The number of methoxy groups -OCH3 is 1. The molecule has 7 heteroatoms. The molecule has 0 radical (unpaired) electrons. The molecular formula is C18H22N2O5. The van der Waals surface area contributed by atoms with E-state index >= 15 is 0 Å². The molecule has 0 aromatic heterocycles. The summed E-state index contributed by atoms with van der Waals surface area (Å²) >= 11 is 0. The van der Waals surface area contributed by atoms with Crippen molar-refractivity contribution < 1.29 is 24.2 Å². The summed E-state index contributed by atoms with van der Waals surface area (Å²) in [4.78, 5) is 24.5. The molecule has 1 aliphatic rings. The van der Waals surface area contributed by atoms with Gasteiger partial charge in [-0.15, -0.1) is 0 Å². The monoisotopic (exact) mass is 346 g/mol. The standard InChI is InChI=1S/C18H22N2O5/c1-12(16(22)20-18(11-19)8-4-3-5-9-18)25-17(23)14-7-6-13(24-2)10-15(14)21/h6-7,10,12,21H,3-5,8-9H2,1-2H3,(H,20,22)/t12-/m1/s1. The minimum absolute atomic E-state index is 0.0619. The highest BCUT2D eigenvalue weighted by Crippen LogP contribution is 2.28. The first-order valence-electron chi connectivity index (χ1n) is 8.22. The number of ether oxygens (including phenoxy) is 2. The van der Waals surface area contributed by atoms with Gasteiger partial charge < -0.3 is 19.9 Å². The van der Waals surface area contributed by atoms with Crippen LogP contribution in [0.2, 0.25) is 0 Å².